The van der Waals surface area contributed by atoms with Crippen LogP contribution < -0.4 is 10.6 Å². The Morgan fingerprint density at radius 2 is 2.20 bits per heavy atom. The van der Waals surface area contributed by atoms with Crippen LogP contribution in [0.3, 0.4) is 0 Å². The van der Waals surface area contributed by atoms with Crippen LogP contribution in [0, 0.1) is 0 Å². The molecule has 1 atom stereocenters. The van der Waals surface area contributed by atoms with Gasteiger partial charge in [0.25, 0.3) is 0 Å². The molecule has 1 spiro atoms. The summed E-state index contributed by atoms with van der Waals surface area (Å²) in [5.74, 6) is 0.184. The van der Waals surface area contributed by atoms with Crippen LogP contribution in [0.25, 0.3) is 0 Å². The first-order valence-electron chi connectivity index (χ1n) is 7.69. The maximum atomic E-state index is 12.1. The SMILES string of the molecule is O=C(CCc1ccncc1)NC1CCNC2(CCC2)C1. The fraction of sp³-hybridized carbons (Fsp3) is 0.625. The highest BCUT2D eigenvalue weighted by molar-refractivity contribution is 5.76. The summed E-state index contributed by atoms with van der Waals surface area (Å²) < 4.78 is 0. The van der Waals surface area contributed by atoms with Crippen LogP contribution in [0.15, 0.2) is 24.5 Å². The van der Waals surface area contributed by atoms with Gasteiger partial charge in [-0.2, -0.15) is 0 Å². The van der Waals surface area contributed by atoms with Crippen LogP contribution in [0.1, 0.15) is 44.1 Å². The van der Waals surface area contributed by atoms with E-state index in [1.807, 2.05) is 12.1 Å². The van der Waals surface area contributed by atoms with Crippen LogP contribution >= 0.6 is 0 Å². The molecule has 1 saturated heterocycles. The molecule has 2 fully saturated rings. The van der Waals surface area contributed by atoms with Gasteiger partial charge in [-0.25, -0.2) is 0 Å². The van der Waals surface area contributed by atoms with E-state index in [4.69, 9.17) is 0 Å². The van der Waals surface area contributed by atoms with Crippen molar-refractivity contribution in [1.29, 1.82) is 0 Å². The van der Waals surface area contributed by atoms with Crippen molar-refractivity contribution in [3.63, 3.8) is 0 Å². The molecule has 1 aromatic rings. The molecule has 3 rings (SSSR count). The average molecular weight is 273 g/mol. The predicted molar refractivity (Wildman–Crippen MR) is 78.3 cm³/mol. The van der Waals surface area contributed by atoms with Gasteiger partial charge in [0.15, 0.2) is 0 Å². The second-order valence-corrected chi connectivity index (χ2v) is 6.17. The second kappa shape index (κ2) is 5.92. The van der Waals surface area contributed by atoms with E-state index in [1.54, 1.807) is 12.4 Å². The van der Waals surface area contributed by atoms with Crippen LogP contribution in [-0.2, 0) is 11.2 Å². The molecule has 1 saturated carbocycles. The summed E-state index contributed by atoms with van der Waals surface area (Å²) in [5.41, 5.74) is 1.53. The Morgan fingerprint density at radius 1 is 1.40 bits per heavy atom. The van der Waals surface area contributed by atoms with Crippen LogP contribution in [0.2, 0.25) is 0 Å². The Bertz CT molecular complexity index is 456. The van der Waals surface area contributed by atoms with E-state index in [9.17, 15) is 4.79 Å². The van der Waals surface area contributed by atoms with Crippen molar-refractivity contribution in [3.8, 4) is 0 Å². The van der Waals surface area contributed by atoms with Gasteiger partial charge in [-0.3, -0.25) is 9.78 Å². The highest BCUT2D eigenvalue weighted by atomic mass is 16.1. The van der Waals surface area contributed by atoms with Crippen LogP contribution in [0.5, 0.6) is 0 Å². The molecule has 4 heteroatoms. The minimum atomic E-state index is 0.184. The first kappa shape index (κ1) is 13.6. The molecule has 4 nitrogen and oxygen atoms in total. The Morgan fingerprint density at radius 3 is 2.90 bits per heavy atom. The Labute approximate surface area is 120 Å². The number of carbonyl (C=O) groups is 1. The zero-order valence-corrected chi connectivity index (χ0v) is 11.9. The second-order valence-electron chi connectivity index (χ2n) is 6.17. The monoisotopic (exact) mass is 273 g/mol. The third-order valence-electron chi connectivity index (χ3n) is 4.70. The predicted octanol–water partition coefficient (Wildman–Crippen LogP) is 1.81. The molecule has 2 aliphatic rings. The van der Waals surface area contributed by atoms with E-state index in [0.717, 1.165) is 25.8 Å². The van der Waals surface area contributed by atoms with Gasteiger partial charge in [-0.05, 0) is 62.8 Å². The van der Waals surface area contributed by atoms with Crippen molar-refractivity contribution in [1.82, 2.24) is 15.6 Å². The number of hydrogen-bond donors (Lipinski definition) is 2. The molecule has 1 aromatic heterocycles. The molecule has 2 N–H and O–H groups in total. The summed E-state index contributed by atoms with van der Waals surface area (Å²) in [6.07, 6.45) is 11.0. The maximum absolute atomic E-state index is 12.1. The summed E-state index contributed by atoms with van der Waals surface area (Å²) in [6.45, 7) is 1.04. The first-order chi connectivity index (χ1) is 9.76. The lowest BCUT2D eigenvalue weighted by molar-refractivity contribution is -0.122. The molecule has 108 valence electrons. The van der Waals surface area contributed by atoms with E-state index >= 15 is 0 Å². The van der Waals surface area contributed by atoms with E-state index < -0.39 is 0 Å². The zero-order valence-electron chi connectivity index (χ0n) is 11.9. The van der Waals surface area contributed by atoms with Crippen molar-refractivity contribution >= 4 is 5.91 Å². The first-order valence-corrected chi connectivity index (χ1v) is 7.69. The Balaban J connectivity index is 1.44. The lowest BCUT2D eigenvalue weighted by atomic mass is 9.70. The van der Waals surface area contributed by atoms with Gasteiger partial charge in [-0.1, -0.05) is 0 Å². The summed E-state index contributed by atoms with van der Waals surface area (Å²) in [4.78, 5) is 16.0. The van der Waals surface area contributed by atoms with Gasteiger partial charge < -0.3 is 10.6 Å². The van der Waals surface area contributed by atoms with Crippen molar-refractivity contribution in [2.75, 3.05) is 6.54 Å². The van der Waals surface area contributed by atoms with Gasteiger partial charge in [0.05, 0.1) is 0 Å². The summed E-state index contributed by atoms with van der Waals surface area (Å²) in [5, 5.41) is 6.85. The van der Waals surface area contributed by atoms with Gasteiger partial charge in [-0.15, -0.1) is 0 Å². The minimum Gasteiger partial charge on any atom is -0.353 e. The van der Waals surface area contributed by atoms with E-state index in [-0.39, 0.29) is 5.91 Å². The normalized spacial score (nSPS) is 24.1. The number of aryl methyl sites for hydroxylation is 1. The lowest BCUT2D eigenvalue weighted by Gasteiger charge is -2.48. The van der Waals surface area contributed by atoms with Crippen LogP contribution in [-0.4, -0.2) is 29.0 Å². The Hall–Kier alpha value is -1.42. The van der Waals surface area contributed by atoms with E-state index in [2.05, 4.69) is 15.6 Å². The maximum Gasteiger partial charge on any atom is 0.220 e. The largest absolute Gasteiger partial charge is 0.353 e. The number of hydrogen-bond acceptors (Lipinski definition) is 3. The van der Waals surface area contributed by atoms with E-state index in [0.29, 0.717) is 18.0 Å². The van der Waals surface area contributed by atoms with Gasteiger partial charge >= 0.3 is 0 Å². The molecule has 1 aliphatic heterocycles. The van der Waals surface area contributed by atoms with Crippen molar-refractivity contribution in [3.05, 3.63) is 30.1 Å². The molecule has 2 heterocycles. The zero-order chi connectivity index (χ0) is 13.8. The van der Waals surface area contributed by atoms with Gasteiger partial charge in [0.2, 0.25) is 5.91 Å². The molecule has 20 heavy (non-hydrogen) atoms. The smallest absolute Gasteiger partial charge is 0.220 e. The molecule has 1 amide bonds. The lowest BCUT2D eigenvalue weighted by Crippen LogP contribution is -2.59. The number of carbonyl (C=O) groups excluding carboxylic acids is 1. The molecular formula is C16H23N3O. The molecule has 0 aromatic carbocycles. The molecule has 1 unspecified atom stereocenters. The number of aromatic nitrogens is 1. The summed E-state index contributed by atoms with van der Waals surface area (Å²) in [7, 11) is 0. The standard InChI is InChI=1S/C16H23N3O/c20-15(3-2-13-4-9-17-10-5-13)19-14-6-11-18-16(12-14)7-1-8-16/h4-5,9-10,14,18H,1-3,6-8,11-12H2,(H,19,20). The van der Waals surface area contributed by atoms with Crippen molar-refractivity contribution in [2.24, 2.45) is 0 Å². The van der Waals surface area contributed by atoms with E-state index in [1.165, 1.54) is 24.8 Å². The minimum absolute atomic E-state index is 0.184. The van der Waals surface area contributed by atoms with Gasteiger partial charge in [0, 0.05) is 30.4 Å². The number of rotatable bonds is 4. The van der Waals surface area contributed by atoms with Crippen LogP contribution in [0.4, 0.5) is 0 Å². The number of amides is 1. The quantitative estimate of drug-likeness (QED) is 0.879. The summed E-state index contributed by atoms with van der Waals surface area (Å²) in [6, 6.07) is 4.31. The number of pyridine rings is 1. The molecule has 0 radical (unpaired) electrons. The fourth-order valence-electron chi connectivity index (χ4n) is 3.37. The Kier molecular flexibility index (Phi) is 4.01. The van der Waals surface area contributed by atoms with Gasteiger partial charge in [0.1, 0.15) is 0 Å². The topological polar surface area (TPSA) is 54.0 Å². The molecule has 1 aliphatic carbocycles. The number of nitrogens with zero attached hydrogens (tertiary/aromatic N) is 1. The highest BCUT2D eigenvalue weighted by Crippen LogP contribution is 2.38. The highest BCUT2D eigenvalue weighted by Gasteiger charge is 2.41. The molecule has 0 bridgehead atoms. The average Bonchev–Trinajstić information content (AvgIpc) is 2.45. The fourth-order valence-corrected chi connectivity index (χ4v) is 3.37. The number of nitrogens with one attached hydrogen (secondary N) is 2. The molecular weight excluding hydrogens is 250 g/mol. The third-order valence-corrected chi connectivity index (χ3v) is 4.70. The summed E-state index contributed by atoms with van der Waals surface area (Å²) >= 11 is 0. The number of piperidine rings is 1. The van der Waals surface area contributed by atoms with Crippen molar-refractivity contribution < 1.29 is 4.79 Å². The third kappa shape index (κ3) is 3.18. The van der Waals surface area contributed by atoms with Crippen molar-refractivity contribution in [2.45, 2.75) is 56.5 Å².